The molecule has 0 spiro atoms. The Morgan fingerprint density at radius 3 is 2.48 bits per heavy atom. The van der Waals surface area contributed by atoms with E-state index in [4.69, 9.17) is 4.42 Å². The molecule has 0 bridgehead atoms. The predicted octanol–water partition coefficient (Wildman–Crippen LogP) is 1.67. The number of carbonyl (C=O) groups excluding carboxylic acids is 1. The highest BCUT2D eigenvalue weighted by molar-refractivity contribution is 7.89. The van der Waals surface area contributed by atoms with E-state index >= 15 is 0 Å². The number of rotatable bonds is 6. The molecule has 0 unspecified atom stereocenters. The Labute approximate surface area is 155 Å². The van der Waals surface area contributed by atoms with Crippen LogP contribution in [0.1, 0.15) is 25.5 Å². The maximum atomic E-state index is 12.8. The van der Waals surface area contributed by atoms with Gasteiger partial charge in [-0.3, -0.25) is 9.78 Å². The number of oxazole rings is 1. The number of hydrogen-bond acceptors (Lipinski definition) is 5. The summed E-state index contributed by atoms with van der Waals surface area (Å²) in [6.07, 6.45) is 0. The molecule has 0 radical (unpaired) electrons. The Bertz CT molecular complexity index is 1120. The molecule has 1 atom stereocenters. The van der Waals surface area contributed by atoms with Crippen molar-refractivity contribution in [2.75, 3.05) is 0 Å². The van der Waals surface area contributed by atoms with E-state index in [-0.39, 0.29) is 16.5 Å². The first-order valence-electron chi connectivity index (χ1n) is 8.27. The van der Waals surface area contributed by atoms with Crippen LogP contribution in [0.25, 0.3) is 11.1 Å². The average Bonchev–Trinajstić information content (AvgIpc) is 2.99. The highest BCUT2D eigenvalue weighted by Crippen LogP contribution is 2.20. The van der Waals surface area contributed by atoms with Crippen molar-refractivity contribution in [1.29, 1.82) is 0 Å². The Balaban J connectivity index is 1.97. The summed E-state index contributed by atoms with van der Waals surface area (Å²) in [5.74, 6) is -1.14. The van der Waals surface area contributed by atoms with Gasteiger partial charge in [0.15, 0.2) is 5.58 Å². The zero-order valence-corrected chi connectivity index (χ0v) is 15.5. The normalized spacial score (nSPS) is 13.0. The van der Waals surface area contributed by atoms with Crippen LogP contribution < -0.4 is 15.8 Å². The maximum absolute atomic E-state index is 12.8. The van der Waals surface area contributed by atoms with E-state index in [2.05, 4.69) is 15.0 Å². The summed E-state index contributed by atoms with van der Waals surface area (Å²) in [7, 11) is -4.06. The number of aromatic nitrogens is 1. The molecule has 9 heteroatoms. The Hall–Kier alpha value is -2.91. The van der Waals surface area contributed by atoms with Crippen molar-refractivity contribution < 1.29 is 17.6 Å². The highest BCUT2D eigenvalue weighted by atomic mass is 32.2. The molecule has 1 heterocycles. The Kier molecular flexibility index (Phi) is 5.15. The van der Waals surface area contributed by atoms with Crippen molar-refractivity contribution in [3.05, 3.63) is 64.6 Å². The molecule has 0 aliphatic rings. The summed E-state index contributed by atoms with van der Waals surface area (Å²) in [6, 6.07) is 11.3. The second-order valence-electron chi connectivity index (χ2n) is 6.30. The molecule has 3 rings (SSSR count). The van der Waals surface area contributed by atoms with Gasteiger partial charge >= 0.3 is 5.76 Å². The molecular formula is C18H19N3O5S. The first kappa shape index (κ1) is 18.9. The summed E-state index contributed by atoms with van der Waals surface area (Å²) in [6.45, 7) is 3.58. The van der Waals surface area contributed by atoms with Gasteiger partial charge in [0.1, 0.15) is 6.04 Å². The van der Waals surface area contributed by atoms with Gasteiger partial charge in [0.25, 0.3) is 0 Å². The fraction of sp³-hybridized carbons (Fsp3) is 0.222. The second-order valence-corrected chi connectivity index (χ2v) is 8.01. The number of carbonyl (C=O) groups is 1. The molecule has 142 valence electrons. The third kappa shape index (κ3) is 4.26. The predicted molar refractivity (Wildman–Crippen MR) is 99.6 cm³/mol. The van der Waals surface area contributed by atoms with Crippen molar-refractivity contribution >= 4 is 27.0 Å². The zero-order valence-electron chi connectivity index (χ0n) is 14.7. The lowest BCUT2D eigenvalue weighted by atomic mass is 10.1. The molecule has 27 heavy (non-hydrogen) atoms. The highest BCUT2D eigenvalue weighted by Gasteiger charge is 2.28. The number of sulfonamides is 1. The van der Waals surface area contributed by atoms with E-state index in [1.807, 2.05) is 0 Å². The minimum atomic E-state index is -4.06. The van der Waals surface area contributed by atoms with Crippen LogP contribution in [0.3, 0.4) is 0 Å². The number of H-pyrrole nitrogens is 1. The average molecular weight is 389 g/mol. The molecule has 0 aliphatic carbocycles. The van der Waals surface area contributed by atoms with Crippen LogP contribution in [-0.2, 0) is 14.8 Å². The molecule has 0 fully saturated rings. The van der Waals surface area contributed by atoms with Crippen molar-refractivity contribution in [2.45, 2.75) is 30.8 Å². The molecule has 0 saturated heterocycles. The van der Waals surface area contributed by atoms with Gasteiger partial charge in [0, 0.05) is 12.1 Å². The van der Waals surface area contributed by atoms with Gasteiger partial charge in [-0.2, -0.15) is 4.72 Å². The fourth-order valence-corrected chi connectivity index (χ4v) is 3.80. The fourth-order valence-electron chi connectivity index (χ4n) is 2.60. The minimum absolute atomic E-state index is 0.115. The number of fused-ring (bicyclic) bond motifs is 1. The van der Waals surface area contributed by atoms with Gasteiger partial charge in [0.2, 0.25) is 15.9 Å². The summed E-state index contributed by atoms with van der Waals surface area (Å²) in [5, 5.41) is 2.72. The molecule has 1 aromatic heterocycles. The van der Waals surface area contributed by atoms with E-state index in [1.54, 1.807) is 44.2 Å². The molecule has 3 aromatic rings. The summed E-state index contributed by atoms with van der Waals surface area (Å²) >= 11 is 0. The standard InChI is InChI=1S/C18H19N3O5S/c1-11(2)19-17(22)16(12-6-4-3-5-7-12)21-27(24,25)13-8-9-14-15(10-13)26-18(23)20-14/h3-11,16,21H,1-2H3,(H,19,22)(H,20,23)/t16-/m0/s1. The largest absolute Gasteiger partial charge is 0.417 e. The monoisotopic (exact) mass is 389 g/mol. The van der Waals surface area contributed by atoms with E-state index in [9.17, 15) is 18.0 Å². The SMILES string of the molecule is CC(C)NC(=O)[C@@H](NS(=O)(=O)c1ccc2[nH]c(=O)oc2c1)c1ccccc1. The zero-order chi connectivity index (χ0) is 19.6. The van der Waals surface area contributed by atoms with Crippen LogP contribution in [0.5, 0.6) is 0 Å². The van der Waals surface area contributed by atoms with Crippen LogP contribution in [0, 0.1) is 0 Å². The Morgan fingerprint density at radius 2 is 1.81 bits per heavy atom. The van der Waals surface area contributed by atoms with E-state index < -0.39 is 27.7 Å². The van der Waals surface area contributed by atoms with Gasteiger partial charge in [-0.05, 0) is 31.5 Å². The molecule has 3 N–H and O–H groups in total. The van der Waals surface area contributed by atoms with Crippen molar-refractivity contribution in [1.82, 2.24) is 15.0 Å². The molecular weight excluding hydrogens is 370 g/mol. The molecule has 2 aromatic carbocycles. The number of nitrogens with one attached hydrogen (secondary N) is 3. The van der Waals surface area contributed by atoms with Crippen LogP contribution in [-0.4, -0.2) is 25.4 Å². The number of aromatic amines is 1. The molecule has 0 aliphatic heterocycles. The lowest BCUT2D eigenvalue weighted by Gasteiger charge is -2.20. The third-order valence-corrected chi connectivity index (χ3v) is 5.22. The van der Waals surface area contributed by atoms with Gasteiger partial charge in [-0.15, -0.1) is 0 Å². The maximum Gasteiger partial charge on any atom is 0.417 e. The summed E-state index contributed by atoms with van der Waals surface area (Å²) in [4.78, 5) is 26.2. The van der Waals surface area contributed by atoms with E-state index in [0.717, 1.165) is 0 Å². The molecule has 1 amide bonds. The van der Waals surface area contributed by atoms with Crippen molar-refractivity contribution in [2.24, 2.45) is 0 Å². The minimum Gasteiger partial charge on any atom is -0.408 e. The first-order valence-corrected chi connectivity index (χ1v) is 9.75. The topological polar surface area (TPSA) is 121 Å². The number of benzene rings is 2. The van der Waals surface area contributed by atoms with Crippen LogP contribution in [0.2, 0.25) is 0 Å². The van der Waals surface area contributed by atoms with Gasteiger partial charge in [0.05, 0.1) is 10.4 Å². The van der Waals surface area contributed by atoms with Crippen LogP contribution >= 0.6 is 0 Å². The molecule has 0 saturated carbocycles. The van der Waals surface area contributed by atoms with Gasteiger partial charge < -0.3 is 9.73 Å². The smallest absolute Gasteiger partial charge is 0.408 e. The quantitative estimate of drug-likeness (QED) is 0.592. The first-order chi connectivity index (χ1) is 12.8. The lowest BCUT2D eigenvalue weighted by Crippen LogP contribution is -2.42. The summed E-state index contributed by atoms with van der Waals surface area (Å²) < 4.78 is 33.0. The van der Waals surface area contributed by atoms with Gasteiger partial charge in [-0.1, -0.05) is 30.3 Å². The number of hydrogen-bond donors (Lipinski definition) is 3. The van der Waals surface area contributed by atoms with E-state index in [0.29, 0.717) is 11.1 Å². The van der Waals surface area contributed by atoms with Gasteiger partial charge in [-0.25, -0.2) is 13.2 Å². The Morgan fingerprint density at radius 1 is 1.11 bits per heavy atom. The van der Waals surface area contributed by atoms with E-state index in [1.165, 1.54) is 18.2 Å². The summed E-state index contributed by atoms with van der Waals surface area (Å²) in [5.41, 5.74) is 1.01. The molecule has 8 nitrogen and oxygen atoms in total. The van der Waals surface area contributed by atoms with Crippen LogP contribution in [0.4, 0.5) is 0 Å². The number of amides is 1. The van der Waals surface area contributed by atoms with Crippen molar-refractivity contribution in [3.63, 3.8) is 0 Å². The van der Waals surface area contributed by atoms with Crippen molar-refractivity contribution in [3.8, 4) is 0 Å². The third-order valence-electron chi connectivity index (χ3n) is 3.80. The van der Waals surface area contributed by atoms with Crippen LogP contribution in [0.15, 0.2) is 62.6 Å². The lowest BCUT2D eigenvalue weighted by molar-refractivity contribution is -0.123. The second kappa shape index (κ2) is 7.37.